The topological polar surface area (TPSA) is 152 Å². The van der Waals surface area contributed by atoms with E-state index in [2.05, 4.69) is 26.5 Å². The number of hydrogen-bond donors (Lipinski definition) is 4. The van der Waals surface area contributed by atoms with E-state index in [4.69, 9.17) is 9.15 Å². The van der Waals surface area contributed by atoms with Crippen LogP contribution in [0.2, 0.25) is 0 Å². The molecule has 0 spiro atoms. The summed E-state index contributed by atoms with van der Waals surface area (Å²) in [6.45, 7) is 1.46. The van der Waals surface area contributed by atoms with E-state index >= 15 is 0 Å². The lowest BCUT2D eigenvalue weighted by Gasteiger charge is -2.16. The zero-order valence-electron chi connectivity index (χ0n) is 21.0. The number of carbonyl (C=O) groups excluding carboxylic acids is 4. The van der Waals surface area contributed by atoms with Crippen LogP contribution < -0.4 is 26.2 Å². The first-order valence-electron chi connectivity index (χ1n) is 11.8. The van der Waals surface area contributed by atoms with Crippen molar-refractivity contribution < 1.29 is 28.3 Å². The molecule has 39 heavy (non-hydrogen) atoms. The quantitative estimate of drug-likeness (QED) is 0.184. The second kappa shape index (κ2) is 12.6. The molecule has 4 amide bonds. The van der Waals surface area contributed by atoms with E-state index in [1.54, 1.807) is 54.6 Å². The Morgan fingerprint density at radius 3 is 2.38 bits per heavy atom. The number of fused-ring (bicyclic) bond motifs is 1. The van der Waals surface area contributed by atoms with Crippen LogP contribution in [0, 0.1) is 0 Å². The number of rotatable bonds is 9. The Hall–Kier alpha value is -4.84. The molecule has 1 aromatic heterocycles. The number of carbonyl (C=O) groups is 4. The molecule has 12 heteroatoms. The van der Waals surface area contributed by atoms with Crippen LogP contribution in [0.15, 0.2) is 82.4 Å². The maximum Gasteiger partial charge on any atom is 0.260 e. The van der Waals surface area contributed by atoms with E-state index in [1.165, 1.54) is 20.1 Å². The molecule has 4 aromatic rings. The summed E-state index contributed by atoms with van der Waals surface area (Å²) in [5.74, 6) is -1.56. The number of ether oxygens (including phenoxy) is 1. The number of amides is 4. The number of para-hydroxylation sites is 3. The lowest BCUT2D eigenvalue weighted by Crippen LogP contribution is -2.51. The van der Waals surface area contributed by atoms with Gasteiger partial charge in [0.15, 0.2) is 5.58 Å². The maximum atomic E-state index is 12.9. The number of oxazole rings is 1. The molecule has 0 saturated carbocycles. The fourth-order valence-electron chi connectivity index (χ4n) is 3.38. The molecule has 0 aliphatic carbocycles. The number of nitrogens with zero attached hydrogens (tertiary/aromatic N) is 1. The second-order valence-corrected chi connectivity index (χ2v) is 9.12. The minimum absolute atomic E-state index is 0.0465. The van der Waals surface area contributed by atoms with Crippen molar-refractivity contribution in [3.63, 3.8) is 0 Å². The van der Waals surface area contributed by atoms with E-state index in [9.17, 15) is 19.2 Å². The molecule has 1 unspecified atom stereocenters. The Balaban J connectivity index is 1.27. The molecule has 0 aliphatic rings. The normalized spacial score (nSPS) is 11.3. The number of benzene rings is 3. The molecule has 3 aromatic carbocycles. The van der Waals surface area contributed by atoms with Crippen LogP contribution in [0.1, 0.15) is 27.6 Å². The molecule has 1 heterocycles. The molecule has 0 aliphatic heterocycles. The van der Waals surface area contributed by atoms with Gasteiger partial charge in [0.25, 0.3) is 22.9 Å². The first-order chi connectivity index (χ1) is 18.8. The van der Waals surface area contributed by atoms with E-state index in [0.717, 1.165) is 11.8 Å². The van der Waals surface area contributed by atoms with Crippen molar-refractivity contribution >= 4 is 52.2 Å². The molecule has 0 saturated heterocycles. The number of anilines is 1. The maximum absolute atomic E-state index is 12.9. The third kappa shape index (κ3) is 7.14. The molecule has 0 fully saturated rings. The number of hydrazine groups is 1. The predicted molar refractivity (Wildman–Crippen MR) is 145 cm³/mol. The van der Waals surface area contributed by atoms with Gasteiger partial charge in [-0.25, -0.2) is 4.98 Å². The highest BCUT2D eigenvalue weighted by Crippen LogP contribution is 2.23. The zero-order valence-corrected chi connectivity index (χ0v) is 21.8. The van der Waals surface area contributed by atoms with E-state index in [-0.39, 0.29) is 17.0 Å². The minimum Gasteiger partial charge on any atom is -0.497 e. The van der Waals surface area contributed by atoms with Crippen molar-refractivity contribution in [1.29, 1.82) is 0 Å². The molecule has 0 bridgehead atoms. The Morgan fingerprint density at radius 2 is 1.64 bits per heavy atom. The van der Waals surface area contributed by atoms with Gasteiger partial charge in [-0.3, -0.25) is 30.0 Å². The van der Waals surface area contributed by atoms with E-state index < -0.39 is 29.7 Å². The van der Waals surface area contributed by atoms with Crippen molar-refractivity contribution in [3.8, 4) is 5.75 Å². The lowest BCUT2D eigenvalue weighted by molar-refractivity contribution is -0.128. The molecule has 200 valence electrons. The highest BCUT2D eigenvalue weighted by Gasteiger charge is 2.20. The van der Waals surface area contributed by atoms with Crippen LogP contribution in [0.3, 0.4) is 0 Å². The number of thioether (sulfide) groups is 1. The first kappa shape index (κ1) is 27.2. The van der Waals surface area contributed by atoms with Gasteiger partial charge in [0.2, 0.25) is 5.91 Å². The molecular weight excluding hydrogens is 522 g/mol. The Morgan fingerprint density at radius 1 is 0.923 bits per heavy atom. The van der Waals surface area contributed by atoms with Crippen molar-refractivity contribution in [2.75, 3.05) is 18.2 Å². The number of aromatic nitrogens is 1. The summed E-state index contributed by atoms with van der Waals surface area (Å²) in [5, 5.41) is 5.60. The van der Waals surface area contributed by atoms with Gasteiger partial charge in [0.05, 0.1) is 24.1 Å². The van der Waals surface area contributed by atoms with Crippen LogP contribution in [0.25, 0.3) is 11.1 Å². The Bertz CT molecular complexity index is 1470. The number of nitrogens with one attached hydrogen (secondary N) is 4. The van der Waals surface area contributed by atoms with Crippen LogP contribution in [-0.4, -0.2) is 47.5 Å². The standard InChI is InChI=1S/C27H25N5O6S/c1-16(24(34)32-31-23(33)15-39-27-30-21-9-5-6-10-22(21)38-27)28-26(36)19-7-3-4-8-20(19)29-25(35)17-11-13-18(37-2)14-12-17/h3-14,16H,15H2,1-2H3,(H,28,36)(H,29,35)(H,31,33)(H,32,34). The van der Waals surface area contributed by atoms with Gasteiger partial charge in [-0.15, -0.1) is 0 Å². The van der Waals surface area contributed by atoms with Crippen molar-refractivity contribution in [1.82, 2.24) is 21.2 Å². The van der Waals surface area contributed by atoms with E-state index in [0.29, 0.717) is 27.6 Å². The summed E-state index contributed by atoms with van der Waals surface area (Å²) in [4.78, 5) is 54.4. The SMILES string of the molecule is COc1ccc(C(=O)Nc2ccccc2C(=O)NC(C)C(=O)NNC(=O)CSc2nc3ccccc3o2)cc1. The van der Waals surface area contributed by atoms with Gasteiger partial charge in [-0.1, -0.05) is 36.0 Å². The van der Waals surface area contributed by atoms with Crippen LogP contribution in [0.5, 0.6) is 5.75 Å². The molecule has 1 atom stereocenters. The fraction of sp³-hybridized carbons (Fsp3) is 0.148. The third-order valence-electron chi connectivity index (χ3n) is 5.44. The molecule has 0 radical (unpaired) electrons. The van der Waals surface area contributed by atoms with Crippen molar-refractivity contribution in [2.24, 2.45) is 0 Å². The van der Waals surface area contributed by atoms with Gasteiger partial charge in [-0.05, 0) is 55.5 Å². The summed E-state index contributed by atoms with van der Waals surface area (Å²) in [6.07, 6.45) is 0. The molecule has 11 nitrogen and oxygen atoms in total. The van der Waals surface area contributed by atoms with Gasteiger partial charge < -0.3 is 19.8 Å². The summed E-state index contributed by atoms with van der Waals surface area (Å²) < 4.78 is 10.6. The number of methoxy groups -OCH3 is 1. The van der Waals surface area contributed by atoms with Crippen LogP contribution >= 0.6 is 11.8 Å². The van der Waals surface area contributed by atoms with E-state index in [1.807, 2.05) is 12.1 Å². The monoisotopic (exact) mass is 547 g/mol. The largest absolute Gasteiger partial charge is 0.497 e. The van der Waals surface area contributed by atoms with Gasteiger partial charge in [0.1, 0.15) is 17.3 Å². The summed E-state index contributed by atoms with van der Waals surface area (Å²) in [5.41, 5.74) is 6.69. The first-order valence-corrected chi connectivity index (χ1v) is 12.7. The Kier molecular flexibility index (Phi) is 8.79. The summed E-state index contributed by atoms with van der Waals surface area (Å²) >= 11 is 1.08. The van der Waals surface area contributed by atoms with Crippen LogP contribution in [-0.2, 0) is 9.59 Å². The molecular formula is C27H25N5O6S. The smallest absolute Gasteiger partial charge is 0.260 e. The third-order valence-corrected chi connectivity index (χ3v) is 6.27. The highest BCUT2D eigenvalue weighted by molar-refractivity contribution is 7.99. The van der Waals surface area contributed by atoms with Gasteiger partial charge in [0, 0.05) is 5.56 Å². The average Bonchev–Trinajstić information content (AvgIpc) is 3.38. The molecule has 4 rings (SSSR count). The van der Waals surface area contributed by atoms with Crippen molar-refractivity contribution in [2.45, 2.75) is 18.2 Å². The minimum atomic E-state index is -0.993. The summed E-state index contributed by atoms with van der Waals surface area (Å²) in [6, 6.07) is 19.1. The van der Waals surface area contributed by atoms with Gasteiger partial charge in [-0.2, -0.15) is 0 Å². The lowest BCUT2D eigenvalue weighted by atomic mass is 10.1. The zero-order chi connectivity index (χ0) is 27.8. The fourth-order valence-corrected chi connectivity index (χ4v) is 4.02. The number of hydrogen-bond acceptors (Lipinski definition) is 8. The highest BCUT2D eigenvalue weighted by atomic mass is 32.2. The molecule has 4 N–H and O–H groups in total. The second-order valence-electron chi connectivity index (χ2n) is 8.20. The van der Waals surface area contributed by atoms with Gasteiger partial charge >= 0.3 is 0 Å². The van der Waals surface area contributed by atoms with Crippen LogP contribution in [0.4, 0.5) is 5.69 Å². The Labute approximate surface area is 227 Å². The summed E-state index contributed by atoms with van der Waals surface area (Å²) in [7, 11) is 1.53. The average molecular weight is 548 g/mol. The van der Waals surface area contributed by atoms with Crippen molar-refractivity contribution in [3.05, 3.63) is 83.9 Å². The predicted octanol–water partition coefficient (Wildman–Crippen LogP) is 3.15.